The smallest absolute Gasteiger partial charge is 0.137 e. The van der Waals surface area contributed by atoms with Gasteiger partial charge in [0.1, 0.15) is 5.65 Å². The zero-order valence-electron chi connectivity index (χ0n) is 13.3. The van der Waals surface area contributed by atoms with Gasteiger partial charge < -0.3 is 10.3 Å². The van der Waals surface area contributed by atoms with Crippen molar-refractivity contribution in [2.75, 3.05) is 13.1 Å². The van der Waals surface area contributed by atoms with Crippen LogP contribution in [0.1, 0.15) is 39.3 Å². The maximum atomic E-state index is 4.66. The van der Waals surface area contributed by atoms with Crippen molar-refractivity contribution in [1.29, 1.82) is 0 Å². The number of hydrogen-bond acceptors (Lipinski definition) is 3. The maximum absolute atomic E-state index is 4.66. The molecule has 1 saturated heterocycles. The van der Waals surface area contributed by atoms with Crippen molar-refractivity contribution in [2.24, 2.45) is 0 Å². The lowest BCUT2D eigenvalue weighted by Crippen LogP contribution is -2.52. The van der Waals surface area contributed by atoms with Crippen LogP contribution in [0.5, 0.6) is 0 Å². The Bertz CT molecular complexity index is 596. The van der Waals surface area contributed by atoms with Gasteiger partial charge in [0.2, 0.25) is 0 Å². The van der Waals surface area contributed by atoms with E-state index in [-0.39, 0.29) is 5.54 Å². The first-order chi connectivity index (χ1) is 10.0. The predicted molar refractivity (Wildman–Crippen MR) is 87.3 cm³/mol. The molecule has 2 aromatic rings. The van der Waals surface area contributed by atoms with Gasteiger partial charge in [0.25, 0.3) is 0 Å². The summed E-state index contributed by atoms with van der Waals surface area (Å²) in [4.78, 5) is 10.4. The molecule has 1 atom stereocenters. The second-order valence-electron chi connectivity index (χ2n) is 7.05. The van der Waals surface area contributed by atoms with Crippen LogP contribution in [0.3, 0.4) is 0 Å². The molecule has 1 fully saturated rings. The van der Waals surface area contributed by atoms with Crippen molar-refractivity contribution in [1.82, 2.24) is 20.2 Å². The fourth-order valence-electron chi connectivity index (χ4n) is 3.07. The fourth-order valence-corrected chi connectivity index (χ4v) is 3.07. The quantitative estimate of drug-likeness (QED) is 0.912. The van der Waals surface area contributed by atoms with E-state index in [0.717, 1.165) is 24.4 Å². The highest BCUT2D eigenvalue weighted by molar-refractivity contribution is 5.75. The van der Waals surface area contributed by atoms with E-state index in [1.54, 1.807) is 0 Å². The van der Waals surface area contributed by atoms with Gasteiger partial charge in [-0.15, -0.1) is 0 Å². The Hall–Kier alpha value is -1.39. The molecular weight excluding hydrogens is 260 g/mol. The molecule has 4 heteroatoms. The molecule has 0 aliphatic carbocycles. The van der Waals surface area contributed by atoms with E-state index >= 15 is 0 Å². The molecule has 3 heterocycles. The summed E-state index contributed by atoms with van der Waals surface area (Å²) in [6, 6.07) is 6.88. The van der Waals surface area contributed by atoms with Crippen molar-refractivity contribution in [3.63, 3.8) is 0 Å². The highest BCUT2D eigenvalue weighted by Gasteiger charge is 2.27. The van der Waals surface area contributed by atoms with Crippen LogP contribution < -0.4 is 5.32 Å². The third-order valence-electron chi connectivity index (χ3n) is 4.41. The van der Waals surface area contributed by atoms with Crippen molar-refractivity contribution in [3.05, 3.63) is 30.1 Å². The molecule has 2 aromatic heterocycles. The first-order valence-electron chi connectivity index (χ1n) is 7.94. The van der Waals surface area contributed by atoms with Gasteiger partial charge in [0.15, 0.2) is 0 Å². The molecule has 0 spiro atoms. The number of H-pyrrole nitrogens is 1. The van der Waals surface area contributed by atoms with Crippen LogP contribution in [-0.2, 0) is 6.54 Å². The van der Waals surface area contributed by atoms with E-state index in [9.17, 15) is 0 Å². The molecule has 0 saturated carbocycles. The zero-order chi connectivity index (χ0) is 14.9. The Morgan fingerprint density at radius 3 is 3.00 bits per heavy atom. The fraction of sp³-hybridized carbons (Fsp3) is 0.588. The Balaban J connectivity index is 1.59. The topological polar surface area (TPSA) is 44.0 Å². The van der Waals surface area contributed by atoms with E-state index in [1.165, 1.54) is 24.8 Å². The number of nitrogens with one attached hydrogen (secondary N) is 2. The number of nitrogens with zero attached hydrogens (tertiary/aromatic N) is 2. The monoisotopic (exact) mass is 286 g/mol. The van der Waals surface area contributed by atoms with Crippen molar-refractivity contribution < 1.29 is 0 Å². The summed E-state index contributed by atoms with van der Waals surface area (Å²) in [6.07, 6.45) is 4.48. The van der Waals surface area contributed by atoms with Crippen LogP contribution in [0.15, 0.2) is 24.4 Å². The van der Waals surface area contributed by atoms with Crippen LogP contribution in [0, 0.1) is 0 Å². The first-order valence-corrected chi connectivity index (χ1v) is 7.94. The molecule has 1 aliphatic rings. The van der Waals surface area contributed by atoms with E-state index in [0.29, 0.717) is 6.04 Å². The minimum Gasteiger partial charge on any atom is -0.346 e. The number of likely N-dealkylation sites (tertiary alicyclic amines) is 1. The summed E-state index contributed by atoms with van der Waals surface area (Å²) in [5, 5.41) is 4.86. The minimum atomic E-state index is 0.266. The summed E-state index contributed by atoms with van der Waals surface area (Å²) in [6.45, 7) is 10.1. The summed E-state index contributed by atoms with van der Waals surface area (Å²) < 4.78 is 0. The van der Waals surface area contributed by atoms with Crippen molar-refractivity contribution in [3.8, 4) is 0 Å². The predicted octanol–water partition coefficient (Wildman–Crippen LogP) is 2.92. The molecule has 2 N–H and O–H groups in total. The maximum Gasteiger partial charge on any atom is 0.137 e. The lowest BCUT2D eigenvalue weighted by molar-refractivity contribution is 0.0902. The molecule has 0 radical (unpaired) electrons. The van der Waals surface area contributed by atoms with Gasteiger partial charge in [-0.3, -0.25) is 4.90 Å². The molecule has 114 valence electrons. The summed E-state index contributed by atoms with van der Waals surface area (Å²) in [7, 11) is 0. The molecule has 4 nitrogen and oxygen atoms in total. The molecule has 1 aliphatic heterocycles. The number of aromatic nitrogens is 2. The van der Waals surface area contributed by atoms with Gasteiger partial charge in [0.05, 0.1) is 5.69 Å². The molecular formula is C17H26N4. The summed E-state index contributed by atoms with van der Waals surface area (Å²) >= 11 is 0. The Labute approximate surface area is 126 Å². The Kier molecular flexibility index (Phi) is 4.00. The molecule has 3 rings (SSSR count). The Morgan fingerprint density at radius 2 is 2.19 bits per heavy atom. The third-order valence-corrected chi connectivity index (χ3v) is 4.41. The molecule has 21 heavy (non-hydrogen) atoms. The first kappa shape index (κ1) is 14.5. The highest BCUT2D eigenvalue weighted by atomic mass is 15.2. The van der Waals surface area contributed by atoms with E-state index in [1.807, 2.05) is 6.20 Å². The second kappa shape index (κ2) is 5.78. The van der Waals surface area contributed by atoms with Gasteiger partial charge in [-0.25, -0.2) is 4.98 Å². The van der Waals surface area contributed by atoms with E-state index < -0.39 is 0 Å². The average Bonchev–Trinajstić information content (AvgIpc) is 2.92. The molecule has 0 amide bonds. The standard InChI is InChI=1S/C17H26N4/c1-17(2,3)21-10-4-5-15(12-21)19-11-14-7-6-13-8-9-18-16(13)20-14/h6-9,15,19H,4-5,10-12H2,1-3H3,(H,18,20). The van der Waals surface area contributed by atoms with Crippen LogP contribution in [0.25, 0.3) is 11.0 Å². The SMILES string of the molecule is CC(C)(C)N1CCCC(NCc2ccc3cc[nH]c3n2)C1. The van der Waals surface area contributed by atoms with Crippen LogP contribution in [0.2, 0.25) is 0 Å². The number of aromatic amines is 1. The van der Waals surface area contributed by atoms with Crippen LogP contribution in [0.4, 0.5) is 0 Å². The lowest BCUT2D eigenvalue weighted by atomic mass is 9.98. The number of piperidine rings is 1. The third kappa shape index (κ3) is 3.44. The Morgan fingerprint density at radius 1 is 1.33 bits per heavy atom. The molecule has 0 aromatic carbocycles. The summed E-state index contributed by atoms with van der Waals surface area (Å²) in [5.74, 6) is 0. The van der Waals surface area contributed by atoms with Crippen LogP contribution in [-0.4, -0.2) is 39.5 Å². The van der Waals surface area contributed by atoms with Gasteiger partial charge in [0, 0.05) is 36.3 Å². The van der Waals surface area contributed by atoms with Gasteiger partial charge >= 0.3 is 0 Å². The number of rotatable bonds is 3. The molecule has 0 bridgehead atoms. The lowest BCUT2D eigenvalue weighted by Gasteiger charge is -2.41. The van der Waals surface area contributed by atoms with E-state index in [4.69, 9.17) is 0 Å². The number of hydrogen-bond donors (Lipinski definition) is 2. The normalized spacial score (nSPS) is 21.0. The van der Waals surface area contributed by atoms with Gasteiger partial charge in [-0.1, -0.05) is 0 Å². The van der Waals surface area contributed by atoms with Gasteiger partial charge in [-0.05, 0) is 58.4 Å². The van der Waals surface area contributed by atoms with Gasteiger partial charge in [-0.2, -0.15) is 0 Å². The molecule has 1 unspecified atom stereocenters. The largest absolute Gasteiger partial charge is 0.346 e. The highest BCUT2D eigenvalue weighted by Crippen LogP contribution is 2.20. The van der Waals surface area contributed by atoms with E-state index in [2.05, 4.69) is 59.2 Å². The van der Waals surface area contributed by atoms with Crippen molar-refractivity contribution in [2.45, 2.75) is 51.7 Å². The number of pyridine rings is 1. The number of fused-ring (bicyclic) bond motifs is 1. The van der Waals surface area contributed by atoms with Crippen LogP contribution >= 0.6 is 0 Å². The average molecular weight is 286 g/mol. The summed E-state index contributed by atoms with van der Waals surface area (Å²) in [5.41, 5.74) is 2.36. The zero-order valence-corrected chi connectivity index (χ0v) is 13.3. The second-order valence-corrected chi connectivity index (χ2v) is 7.05. The van der Waals surface area contributed by atoms with Crippen molar-refractivity contribution >= 4 is 11.0 Å². The minimum absolute atomic E-state index is 0.266.